The molecule has 5 heteroatoms. The quantitative estimate of drug-likeness (QED) is 0.428. The van der Waals surface area contributed by atoms with Gasteiger partial charge in [0, 0.05) is 18.3 Å². The molecule has 1 aromatic rings. The Kier molecular flexibility index (Phi) is 6.67. The van der Waals surface area contributed by atoms with Crippen molar-refractivity contribution in [2.24, 2.45) is 11.8 Å². The Labute approximate surface area is 160 Å². The fourth-order valence-electron chi connectivity index (χ4n) is 4.03. The lowest BCUT2D eigenvalue weighted by Gasteiger charge is -2.20. The number of ether oxygens (including phenoxy) is 2. The van der Waals surface area contributed by atoms with Crippen LogP contribution in [0.15, 0.2) is 42.5 Å². The second-order valence-electron chi connectivity index (χ2n) is 7.47. The minimum atomic E-state index is -0.515. The van der Waals surface area contributed by atoms with E-state index in [0.29, 0.717) is 18.4 Å². The molecule has 1 heterocycles. The topological polar surface area (TPSA) is 72.8 Å². The van der Waals surface area contributed by atoms with Crippen molar-refractivity contribution in [3.8, 4) is 0 Å². The van der Waals surface area contributed by atoms with Gasteiger partial charge in [0.15, 0.2) is 0 Å². The zero-order chi connectivity index (χ0) is 19.2. The Hall–Kier alpha value is -2.14. The maximum atomic E-state index is 12.4. The molecule has 1 aliphatic carbocycles. The summed E-state index contributed by atoms with van der Waals surface area (Å²) in [7, 11) is 0. The lowest BCUT2D eigenvalue weighted by atomic mass is 9.91. The van der Waals surface area contributed by atoms with E-state index in [2.05, 4.69) is 6.92 Å². The van der Waals surface area contributed by atoms with Crippen molar-refractivity contribution >= 4 is 11.9 Å². The van der Waals surface area contributed by atoms with Gasteiger partial charge < -0.3 is 14.6 Å². The van der Waals surface area contributed by atoms with Gasteiger partial charge in [0.2, 0.25) is 0 Å². The molecule has 2 aliphatic rings. The average molecular weight is 372 g/mol. The molecule has 5 atom stereocenters. The molecule has 0 bridgehead atoms. The molecule has 1 N–H and O–H groups in total. The number of unbranched alkanes of at least 4 members (excludes halogenated alkanes) is 2. The molecule has 1 saturated heterocycles. The Morgan fingerprint density at radius 2 is 2.11 bits per heavy atom. The maximum Gasteiger partial charge on any atom is 0.338 e. The summed E-state index contributed by atoms with van der Waals surface area (Å²) in [6.45, 7) is 2.13. The van der Waals surface area contributed by atoms with Crippen molar-refractivity contribution < 1.29 is 24.2 Å². The van der Waals surface area contributed by atoms with Crippen LogP contribution in [-0.4, -0.2) is 35.4 Å². The summed E-state index contributed by atoms with van der Waals surface area (Å²) in [6, 6.07) is 8.89. The van der Waals surface area contributed by atoms with E-state index >= 15 is 0 Å². The number of carbonyl (C=O) groups is 2. The largest absolute Gasteiger partial charge is 0.462 e. The fourth-order valence-corrected chi connectivity index (χ4v) is 4.03. The molecule has 1 aliphatic heterocycles. The molecule has 0 amide bonds. The third-order valence-corrected chi connectivity index (χ3v) is 5.48. The number of benzene rings is 1. The van der Waals surface area contributed by atoms with Crippen LogP contribution in [-0.2, 0) is 14.3 Å². The molecule has 1 aromatic carbocycles. The van der Waals surface area contributed by atoms with Gasteiger partial charge in [0.05, 0.1) is 18.1 Å². The van der Waals surface area contributed by atoms with Gasteiger partial charge in [0.25, 0.3) is 0 Å². The van der Waals surface area contributed by atoms with Gasteiger partial charge in [-0.1, -0.05) is 56.5 Å². The molecule has 0 spiro atoms. The summed E-state index contributed by atoms with van der Waals surface area (Å²) < 4.78 is 11.1. The van der Waals surface area contributed by atoms with Gasteiger partial charge in [-0.2, -0.15) is 0 Å². The van der Waals surface area contributed by atoms with Gasteiger partial charge >= 0.3 is 11.9 Å². The Balaban J connectivity index is 1.66. The summed E-state index contributed by atoms with van der Waals surface area (Å²) in [5.74, 6) is -0.673. The number of aliphatic hydroxyl groups excluding tert-OH is 1. The molecule has 1 unspecified atom stereocenters. The highest BCUT2D eigenvalue weighted by atomic mass is 16.6. The number of rotatable bonds is 8. The fraction of sp³-hybridized carbons (Fsp3) is 0.545. The van der Waals surface area contributed by atoms with Crippen LogP contribution in [0.1, 0.15) is 55.8 Å². The highest BCUT2D eigenvalue weighted by Crippen LogP contribution is 2.43. The van der Waals surface area contributed by atoms with Gasteiger partial charge in [-0.25, -0.2) is 4.79 Å². The number of hydrogen-bond acceptors (Lipinski definition) is 5. The number of esters is 2. The highest BCUT2D eigenvalue weighted by Gasteiger charge is 2.50. The highest BCUT2D eigenvalue weighted by molar-refractivity contribution is 5.89. The van der Waals surface area contributed by atoms with Crippen LogP contribution in [0.4, 0.5) is 0 Å². The van der Waals surface area contributed by atoms with E-state index in [1.54, 1.807) is 30.3 Å². The maximum absolute atomic E-state index is 12.4. The normalized spacial score (nSPS) is 28.1. The van der Waals surface area contributed by atoms with Gasteiger partial charge in [-0.15, -0.1) is 0 Å². The molecular weight excluding hydrogens is 344 g/mol. The van der Waals surface area contributed by atoms with Gasteiger partial charge in [-0.05, 0) is 18.6 Å². The molecule has 27 heavy (non-hydrogen) atoms. The first-order valence-corrected chi connectivity index (χ1v) is 9.90. The number of hydrogen-bond donors (Lipinski definition) is 1. The zero-order valence-corrected chi connectivity index (χ0v) is 15.8. The van der Waals surface area contributed by atoms with E-state index in [1.807, 2.05) is 12.1 Å². The summed E-state index contributed by atoms with van der Waals surface area (Å²) in [6.07, 6.45) is 7.39. The summed E-state index contributed by atoms with van der Waals surface area (Å²) in [4.78, 5) is 24.1. The lowest BCUT2D eigenvalue weighted by molar-refractivity contribution is -0.141. The monoisotopic (exact) mass is 372 g/mol. The van der Waals surface area contributed by atoms with E-state index in [0.717, 1.165) is 25.7 Å². The van der Waals surface area contributed by atoms with Crippen molar-refractivity contribution in [2.75, 3.05) is 0 Å². The second kappa shape index (κ2) is 9.18. The zero-order valence-electron chi connectivity index (χ0n) is 15.8. The standard InChI is InChI=1S/C22H28O5/c1-2-3-5-10-16(23)11-12-17-18-13-21(24)26-20(18)14-19(17)27-22(25)15-8-6-4-7-9-15/h4,6-9,11-12,16-20,23H,2-3,5,10,13-14H2,1H3/b12-11+/t16-,17+,18+,19+,20?/m0/s1. The van der Waals surface area contributed by atoms with Crippen LogP contribution in [0.2, 0.25) is 0 Å². The van der Waals surface area contributed by atoms with Crippen molar-refractivity contribution in [2.45, 2.75) is 63.8 Å². The lowest BCUT2D eigenvalue weighted by Crippen LogP contribution is -2.25. The minimum Gasteiger partial charge on any atom is -0.462 e. The molecule has 1 saturated carbocycles. The van der Waals surface area contributed by atoms with E-state index in [1.165, 1.54) is 0 Å². The molecule has 2 fully saturated rings. The SMILES string of the molecule is CCCCC[C@H](O)/C=C/[C@H]1[C@H](OC(=O)c2ccccc2)CC2OC(=O)C[C@@H]21. The molecule has 3 rings (SSSR count). The first kappa shape index (κ1) is 19.6. The third kappa shape index (κ3) is 4.98. The smallest absolute Gasteiger partial charge is 0.338 e. The molecule has 0 radical (unpaired) electrons. The van der Waals surface area contributed by atoms with Crippen LogP contribution in [0.5, 0.6) is 0 Å². The Morgan fingerprint density at radius 3 is 2.85 bits per heavy atom. The number of carbonyl (C=O) groups excluding carboxylic acids is 2. The van der Waals surface area contributed by atoms with Gasteiger partial charge in [0.1, 0.15) is 12.2 Å². The van der Waals surface area contributed by atoms with Crippen molar-refractivity contribution in [3.05, 3.63) is 48.0 Å². The Morgan fingerprint density at radius 1 is 1.33 bits per heavy atom. The molecule has 146 valence electrons. The van der Waals surface area contributed by atoms with Crippen LogP contribution in [0.3, 0.4) is 0 Å². The number of aliphatic hydroxyl groups is 1. The first-order valence-electron chi connectivity index (χ1n) is 9.90. The van der Waals surface area contributed by atoms with Crippen LogP contribution < -0.4 is 0 Å². The third-order valence-electron chi connectivity index (χ3n) is 5.48. The predicted molar refractivity (Wildman–Crippen MR) is 101 cm³/mol. The predicted octanol–water partition coefficient (Wildman–Crippen LogP) is 3.66. The van der Waals surface area contributed by atoms with Gasteiger partial charge in [-0.3, -0.25) is 4.79 Å². The molecule has 5 nitrogen and oxygen atoms in total. The van der Waals surface area contributed by atoms with Crippen LogP contribution in [0, 0.1) is 11.8 Å². The van der Waals surface area contributed by atoms with Crippen molar-refractivity contribution in [1.82, 2.24) is 0 Å². The van der Waals surface area contributed by atoms with Crippen LogP contribution in [0.25, 0.3) is 0 Å². The summed E-state index contributed by atoms with van der Waals surface area (Å²) >= 11 is 0. The van der Waals surface area contributed by atoms with Crippen molar-refractivity contribution in [3.63, 3.8) is 0 Å². The number of fused-ring (bicyclic) bond motifs is 1. The Bertz CT molecular complexity index is 669. The summed E-state index contributed by atoms with van der Waals surface area (Å²) in [5, 5.41) is 10.2. The first-order chi connectivity index (χ1) is 13.1. The average Bonchev–Trinajstić information content (AvgIpc) is 3.16. The van der Waals surface area contributed by atoms with Crippen LogP contribution >= 0.6 is 0 Å². The minimum absolute atomic E-state index is 0.00478. The van der Waals surface area contributed by atoms with Crippen molar-refractivity contribution in [1.29, 1.82) is 0 Å². The van der Waals surface area contributed by atoms with E-state index in [9.17, 15) is 14.7 Å². The van der Waals surface area contributed by atoms with E-state index < -0.39 is 6.10 Å². The summed E-state index contributed by atoms with van der Waals surface area (Å²) in [5.41, 5.74) is 0.508. The molecule has 0 aromatic heterocycles. The second-order valence-corrected chi connectivity index (χ2v) is 7.47. The van der Waals surface area contributed by atoms with E-state index in [4.69, 9.17) is 9.47 Å². The van der Waals surface area contributed by atoms with E-state index in [-0.39, 0.29) is 36.0 Å². The molecular formula is C22H28O5.